The van der Waals surface area contributed by atoms with Crippen LogP contribution < -0.4 is 5.32 Å². The summed E-state index contributed by atoms with van der Waals surface area (Å²) >= 11 is 6.83. The van der Waals surface area contributed by atoms with Gasteiger partial charge in [0.15, 0.2) is 0 Å². The van der Waals surface area contributed by atoms with Crippen molar-refractivity contribution >= 4 is 35.0 Å². The quantitative estimate of drug-likeness (QED) is 0.612. The van der Waals surface area contributed by atoms with Crippen LogP contribution in [-0.2, 0) is 11.0 Å². The number of halogens is 4. The summed E-state index contributed by atoms with van der Waals surface area (Å²) in [7, 11) is 0. The smallest absolute Gasteiger partial charge is 0.324 e. The molecule has 0 spiro atoms. The van der Waals surface area contributed by atoms with Crippen LogP contribution in [0, 0.1) is 6.92 Å². The van der Waals surface area contributed by atoms with Gasteiger partial charge in [0, 0.05) is 0 Å². The van der Waals surface area contributed by atoms with E-state index in [9.17, 15) is 18.0 Å². The Labute approximate surface area is 167 Å². The molecule has 0 aliphatic rings. The van der Waals surface area contributed by atoms with Crippen molar-refractivity contribution in [2.75, 3.05) is 11.1 Å². The number of aromatic nitrogens is 4. The molecule has 0 radical (unpaired) electrons. The fourth-order valence-electron chi connectivity index (χ4n) is 2.38. The maximum absolute atomic E-state index is 13.1. The predicted molar refractivity (Wildman–Crippen MR) is 99.7 cm³/mol. The van der Waals surface area contributed by atoms with Gasteiger partial charge in [-0.15, -0.1) is 5.10 Å². The number of benzene rings is 2. The van der Waals surface area contributed by atoms with E-state index < -0.39 is 23.3 Å². The van der Waals surface area contributed by atoms with Gasteiger partial charge in [0.25, 0.3) is 0 Å². The van der Waals surface area contributed by atoms with E-state index in [2.05, 4.69) is 20.8 Å². The summed E-state index contributed by atoms with van der Waals surface area (Å²) in [6, 6.07) is 10.7. The minimum atomic E-state index is -4.64. The van der Waals surface area contributed by atoms with Crippen LogP contribution in [0.25, 0.3) is 5.69 Å². The van der Waals surface area contributed by atoms with Crippen LogP contribution in [0.2, 0.25) is 5.02 Å². The third-order valence-corrected chi connectivity index (χ3v) is 4.84. The topological polar surface area (TPSA) is 72.7 Å². The van der Waals surface area contributed by atoms with E-state index in [-0.39, 0.29) is 10.8 Å². The average Bonchev–Trinajstić information content (AvgIpc) is 3.09. The number of thioether (sulfide) groups is 1. The molecule has 0 saturated carbocycles. The lowest BCUT2D eigenvalue weighted by molar-refractivity contribution is -0.137. The second kappa shape index (κ2) is 8.19. The normalized spacial score (nSPS) is 11.5. The molecule has 0 fully saturated rings. The lowest BCUT2D eigenvalue weighted by atomic mass is 10.1. The van der Waals surface area contributed by atoms with E-state index in [1.807, 2.05) is 25.1 Å². The zero-order chi connectivity index (χ0) is 20.3. The van der Waals surface area contributed by atoms with Gasteiger partial charge in [-0.05, 0) is 47.2 Å². The highest BCUT2D eigenvalue weighted by Gasteiger charge is 2.34. The third kappa shape index (κ3) is 4.63. The molecule has 1 amide bonds. The molecule has 0 saturated heterocycles. The molecule has 1 heterocycles. The second-order valence-electron chi connectivity index (χ2n) is 5.71. The molecule has 0 aliphatic heterocycles. The molecule has 11 heteroatoms. The lowest BCUT2D eigenvalue weighted by Gasteiger charge is -2.15. The largest absolute Gasteiger partial charge is 0.418 e. The first kappa shape index (κ1) is 20.2. The highest BCUT2D eigenvalue weighted by atomic mass is 35.5. The van der Waals surface area contributed by atoms with Crippen LogP contribution >= 0.6 is 23.4 Å². The fraction of sp³-hybridized carbons (Fsp3) is 0.176. The Kier molecular flexibility index (Phi) is 5.90. The van der Waals surface area contributed by atoms with Crippen molar-refractivity contribution < 1.29 is 18.0 Å². The maximum atomic E-state index is 13.1. The SMILES string of the molecule is Cc1cccc(-n2nnnc2SCC(=O)Nc2c(Cl)cccc2C(F)(F)F)c1. The summed E-state index contributed by atoms with van der Waals surface area (Å²) in [6.45, 7) is 1.91. The predicted octanol–water partition coefficient (Wildman–Crippen LogP) is 4.37. The van der Waals surface area contributed by atoms with Gasteiger partial charge in [-0.2, -0.15) is 17.9 Å². The van der Waals surface area contributed by atoms with Crippen LogP contribution in [0.1, 0.15) is 11.1 Å². The molecular formula is C17H13ClF3N5OS. The number of aryl methyl sites for hydroxylation is 1. The first-order valence-corrected chi connectivity index (χ1v) is 9.26. The monoisotopic (exact) mass is 427 g/mol. The van der Waals surface area contributed by atoms with Crippen molar-refractivity contribution in [2.45, 2.75) is 18.3 Å². The number of anilines is 1. The fourth-order valence-corrected chi connectivity index (χ4v) is 3.30. The highest BCUT2D eigenvalue weighted by molar-refractivity contribution is 7.99. The van der Waals surface area contributed by atoms with E-state index in [0.717, 1.165) is 23.4 Å². The van der Waals surface area contributed by atoms with Gasteiger partial charge in [0.2, 0.25) is 11.1 Å². The van der Waals surface area contributed by atoms with Gasteiger partial charge in [0.1, 0.15) is 0 Å². The van der Waals surface area contributed by atoms with E-state index in [0.29, 0.717) is 10.8 Å². The van der Waals surface area contributed by atoms with E-state index >= 15 is 0 Å². The Bertz CT molecular complexity index is 1010. The summed E-state index contributed by atoms with van der Waals surface area (Å²) in [5.41, 5.74) is 0.224. The summed E-state index contributed by atoms with van der Waals surface area (Å²) in [6.07, 6.45) is -4.64. The van der Waals surface area contributed by atoms with Crippen LogP contribution in [-0.4, -0.2) is 31.9 Å². The Hall–Kier alpha value is -2.59. The second-order valence-corrected chi connectivity index (χ2v) is 7.06. The molecule has 0 bridgehead atoms. The Morgan fingerprint density at radius 1 is 1.25 bits per heavy atom. The minimum Gasteiger partial charge on any atom is -0.324 e. The lowest BCUT2D eigenvalue weighted by Crippen LogP contribution is -2.18. The van der Waals surface area contributed by atoms with Gasteiger partial charge in [0.05, 0.1) is 27.7 Å². The summed E-state index contributed by atoms with van der Waals surface area (Å²) in [5, 5.41) is 13.7. The zero-order valence-corrected chi connectivity index (χ0v) is 15.9. The Morgan fingerprint density at radius 3 is 2.71 bits per heavy atom. The Morgan fingerprint density at radius 2 is 2.00 bits per heavy atom. The molecule has 146 valence electrons. The number of alkyl halides is 3. The molecule has 3 rings (SSSR count). The standard InChI is InChI=1S/C17H13ClF3N5OS/c1-10-4-2-5-11(8-10)26-16(23-24-25-26)28-9-14(27)22-15-12(17(19,20)21)6-3-7-13(15)18/h2-8H,9H2,1H3,(H,22,27). The van der Waals surface area contributed by atoms with Gasteiger partial charge >= 0.3 is 6.18 Å². The van der Waals surface area contributed by atoms with Crippen LogP contribution in [0.3, 0.4) is 0 Å². The first-order valence-electron chi connectivity index (χ1n) is 7.89. The summed E-state index contributed by atoms with van der Waals surface area (Å²) in [5.74, 6) is -0.864. The molecule has 0 aliphatic carbocycles. The van der Waals surface area contributed by atoms with Gasteiger partial charge in [-0.1, -0.05) is 41.6 Å². The molecule has 6 nitrogen and oxygen atoms in total. The van der Waals surface area contributed by atoms with Gasteiger partial charge < -0.3 is 5.32 Å². The maximum Gasteiger partial charge on any atom is 0.418 e. The van der Waals surface area contributed by atoms with Crippen molar-refractivity contribution in [1.29, 1.82) is 0 Å². The number of amides is 1. The number of carbonyl (C=O) groups is 1. The van der Waals surface area contributed by atoms with E-state index in [4.69, 9.17) is 11.6 Å². The molecule has 28 heavy (non-hydrogen) atoms. The third-order valence-electron chi connectivity index (χ3n) is 3.60. The van der Waals surface area contributed by atoms with Gasteiger partial charge in [-0.3, -0.25) is 4.79 Å². The zero-order valence-electron chi connectivity index (χ0n) is 14.4. The van der Waals surface area contributed by atoms with Crippen molar-refractivity contribution in [3.8, 4) is 5.69 Å². The van der Waals surface area contributed by atoms with Crippen LogP contribution in [0.5, 0.6) is 0 Å². The molecule has 0 atom stereocenters. The molecule has 2 aromatic carbocycles. The van der Waals surface area contributed by atoms with E-state index in [1.54, 1.807) is 6.07 Å². The number of carbonyl (C=O) groups excluding carboxylic acids is 1. The number of hydrogen-bond donors (Lipinski definition) is 1. The van der Waals surface area contributed by atoms with Crippen LogP contribution in [0.15, 0.2) is 47.6 Å². The highest BCUT2D eigenvalue weighted by Crippen LogP contribution is 2.38. The van der Waals surface area contributed by atoms with Crippen molar-refractivity contribution in [3.63, 3.8) is 0 Å². The van der Waals surface area contributed by atoms with Crippen molar-refractivity contribution in [3.05, 3.63) is 58.6 Å². The Balaban J connectivity index is 1.73. The number of hydrogen-bond acceptors (Lipinski definition) is 5. The van der Waals surface area contributed by atoms with Gasteiger partial charge in [-0.25, -0.2) is 0 Å². The number of tetrazole rings is 1. The number of nitrogens with one attached hydrogen (secondary N) is 1. The molecular weight excluding hydrogens is 415 g/mol. The summed E-state index contributed by atoms with van der Waals surface area (Å²) in [4.78, 5) is 12.2. The van der Waals surface area contributed by atoms with E-state index in [1.165, 1.54) is 16.8 Å². The van der Waals surface area contributed by atoms with Crippen molar-refractivity contribution in [2.24, 2.45) is 0 Å². The molecule has 0 unspecified atom stereocenters. The molecule has 3 aromatic rings. The summed E-state index contributed by atoms with van der Waals surface area (Å²) < 4.78 is 40.8. The number of nitrogens with zero attached hydrogens (tertiary/aromatic N) is 4. The first-order chi connectivity index (χ1) is 13.3. The van der Waals surface area contributed by atoms with Crippen LogP contribution in [0.4, 0.5) is 18.9 Å². The number of para-hydroxylation sites is 1. The van der Waals surface area contributed by atoms with Crippen molar-refractivity contribution in [1.82, 2.24) is 20.2 Å². The average molecular weight is 428 g/mol. The number of rotatable bonds is 5. The minimum absolute atomic E-state index is 0.197. The molecule has 1 N–H and O–H groups in total. The molecule has 1 aromatic heterocycles.